The lowest BCUT2D eigenvalue weighted by Gasteiger charge is -2.34. The number of ether oxygens (including phenoxy) is 1. The van der Waals surface area contributed by atoms with Crippen LogP contribution in [0.1, 0.15) is 17.3 Å². The van der Waals surface area contributed by atoms with E-state index in [1.807, 2.05) is 0 Å². The summed E-state index contributed by atoms with van der Waals surface area (Å²) >= 11 is 0. The van der Waals surface area contributed by atoms with Crippen molar-refractivity contribution in [1.82, 2.24) is 9.80 Å². The van der Waals surface area contributed by atoms with Gasteiger partial charge in [0.25, 0.3) is 5.91 Å². The number of carbonyl (C=O) groups is 2. The van der Waals surface area contributed by atoms with Crippen LogP contribution in [0, 0.1) is 0 Å². The third-order valence-corrected chi connectivity index (χ3v) is 4.65. The molecule has 1 aromatic carbocycles. The van der Waals surface area contributed by atoms with Crippen LogP contribution in [0.4, 0.5) is 0 Å². The largest absolute Gasteiger partial charge is 0.496 e. The number of rotatable bonds is 3. The number of nitrogens with zero attached hydrogens (tertiary/aromatic N) is 2. The first kappa shape index (κ1) is 17.2. The maximum atomic E-state index is 12.6. The summed E-state index contributed by atoms with van der Waals surface area (Å²) in [5.74, 6) is -0.113. The zero-order valence-corrected chi connectivity index (χ0v) is 13.8. The van der Waals surface area contributed by atoms with Crippen molar-refractivity contribution < 1.29 is 22.7 Å². The summed E-state index contributed by atoms with van der Waals surface area (Å²) in [4.78, 5) is 27.0. The Balaban J connectivity index is 2.27. The molecule has 1 aromatic rings. The SMILES string of the molecule is COc1ccc(S(N)(=O)=O)cc1C(=O)N1CCN(C(C)=O)CC1. The lowest BCUT2D eigenvalue weighted by atomic mass is 10.1. The van der Waals surface area contributed by atoms with Gasteiger partial charge in [-0.3, -0.25) is 9.59 Å². The van der Waals surface area contributed by atoms with Crippen molar-refractivity contribution in [1.29, 1.82) is 0 Å². The summed E-state index contributed by atoms with van der Waals surface area (Å²) in [7, 11) is -2.51. The van der Waals surface area contributed by atoms with E-state index in [1.54, 1.807) is 9.80 Å². The van der Waals surface area contributed by atoms with Crippen LogP contribution in [-0.2, 0) is 14.8 Å². The van der Waals surface area contributed by atoms with Gasteiger partial charge in [-0.25, -0.2) is 13.6 Å². The van der Waals surface area contributed by atoms with Crippen LogP contribution < -0.4 is 9.88 Å². The van der Waals surface area contributed by atoms with Crippen molar-refractivity contribution in [2.75, 3.05) is 33.3 Å². The zero-order valence-electron chi connectivity index (χ0n) is 13.0. The van der Waals surface area contributed by atoms with Gasteiger partial charge in [-0.15, -0.1) is 0 Å². The minimum absolute atomic E-state index is 0.0362. The topological polar surface area (TPSA) is 110 Å². The van der Waals surface area contributed by atoms with Gasteiger partial charge in [0.15, 0.2) is 0 Å². The molecule has 0 saturated carbocycles. The molecule has 8 nitrogen and oxygen atoms in total. The summed E-state index contributed by atoms with van der Waals surface area (Å²) < 4.78 is 28.1. The normalized spacial score (nSPS) is 15.4. The number of nitrogens with two attached hydrogens (primary N) is 1. The summed E-state index contributed by atoms with van der Waals surface area (Å²) in [6.07, 6.45) is 0. The van der Waals surface area contributed by atoms with E-state index >= 15 is 0 Å². The fourth-order valence-electron chi connectivity index (χ4n) is 2.43. The first-order valence-corrected chi connectivity index (χ1v) is 8.54. The Labute approximate surface area is 134 Å². The van der Waals surface area contributed by atoms with Gasteiger partial charge in [0, 0.05) is 33.1 Å². The van der Waals surface area contributed by atoms with Crippen LogP contribution >= 0.6 is 0 Å². The Kier molecular flexibility index (Phi) is 4.90. The minimum Gasteiger partial charge on any atom is -0.496 e. The van der Waals surface area contributed by atoms with Crippen molar-refractivity contribution in [3.8, 4) is 5.75 Å². The maximum Gasteiger partial charge on any atom is 0.257 e. The number of sulfonamides is 1. The van der Waals surface area contributed by atoms with Crippen molar-refractivity contribution in [3.05, 3.63) is 23.8 Å². The molecular weight excluding hydrogens is 322 g/mol. The molecule has 1 aliphatic rings. The molecule has 0 radical (unpaired) electrons. The lowest BCUT2D eigenvalue weighted by molar-refractivity contribution is -0.130. The quantitative estimate of drug-likeness (QED) is 0.808. The van der Waals surface area contributed by atoms with Crippen LogP contribution in [0.3, 0.4) is 0 Å². The molecule has 1 heterocycles. The smallest absolute Gasteiger partial charge is 0.257 e. The molecule has 0 atom stereocenters. The first-order valence-electron chi connectivity index (χ1n) is 6.99. The van der Waals surface area contributed by atoms with E-state index in [9.17, 15) is 18.0 Å². The monoisotopic (exact) mass is 341 g/mol. The summed E-state index contributed by atoms with van der Waals surface area (Å²) in [6.45, 7) is 3.12. The molecule has 2 rings (SSSR count). The molecule has 1 aliphatic heterocycles. The second kappa shape index (κ2) is 6.55. The molecule has 0 unspecified atom stereocenters. The molecule has 0 aliphatic carbocycles. The molecule has 2 amide bonds. The van der Waals surface area contributed by atoms with Crippen molar-refractivity contribution in [3.63, 3.8) is 0 Å². The number of methoxy groups -OCH3 is 1. The summed E-state index contributed by atoms with van der Waals surface area (Å²) in [5, 5.41) is 5.11. The average molecular weight is 341 g/mol. The van der Waals surface area contributed by atoms with Crippen molar-refractivity contribution in [2.45, 2.75) is 11.8 Å². The van der Waals surface area contributed by atoms with Gasteiger partial charge in [0.2, 0.25) is 15.9 Å². The highest BCUT2D eigenvalue weighted by molar-refractivity contribution is 7.89. The molecule has 126 valence electrons. The highest BCUT2D eigenvalue weighted by atomic mass is 32.2. The Bertz CT molecular complexity index is 724. The molecular formula is C14H19N3O5S. The van der Waals surface area contributed by atoms with E-state index in [0.717, 1.165) is 0 Å². The number of hydrogen-bond acceptors (Lipinski definition) is 5. The second-order valence-electron chi connectivity index (χ2n) is 5.21. The van der Waals surface area contributed by atoms with E-state index in [-0.39, 0.29) is 28.0 Å². The highest BCUT2D eigenvalue weighted by Crippen LogP contribution is 2.24. The number of amides is 2. The van der Waals surface area contributed by atoms with Crippen LogP contribution in [-0.4, -0.2) is 63.3 Å². The maximum absolute atomic E-state index is 12.6. The van der Waals surface area contributed by atoms with Gasteiger partial charge >= 0.3 is 0 Å². The zero-order chi connectivity index (χ0) is 17.2. The number of carbonyl (C=O) groups excluding carboxylic acids is 2. The highest BCUT2D eigenvalue weighted by Gasteiger charge is 2.26. The average Bonchev–Trinajstić information content (AvgIpc) is 2.52. The Morgan fingerprint density at radius 1 is 1.13 bits per heavy atom. The van der Waals surface area contributed by atoms with E-state index in [0.29, 0.717) is 26.2 Å². The van der Waals surface area contributed by atoms with Crippen LogP contribution in [0.5, 0.6) is 5.75 Å². The fraction of sp³-hybridized carbons (Fsp3) is 0.429. The van der Waals surface area contributed by atoms with Gasteiger partial charge < -0.3 is 14.5 Å². The van der Waals surface area contributed by atoms with Crippen molar-refractivity contribution >= 4 is 21.8 Å². The standard InChI is InChI=1S/C14H19N3O5S/c1-10(18)16-5-7-17(8-6-16)14(19)12-9-11(23(15,20)21)3-4-13(12)22-2/h3-4,9H,5-8H2,1-2H3,(H2,15,20,21). The molecule has 23 heavy (non-hydrogen) atoms. The second-order valence-corrected chi connectivity index (χ2v) is 6.77. The number of hydrogen-bond donors (Lipinski definition) is 1. The Hall–Kier alpha value is -2.13. The number of primary sulfonamides is 1. The van der Waals surface area contributed by atoms with Crippen LogP contribution in [0.25, 0.3) is 0 Å². The number of piperazine rings is 1. The minimum atomic E-state index is -3.91. The van der Waals surface area contributed by atoms with Gasteiger partial charge in [0.1, 0.15) is 5.75 Å². The van der Waals surface area contributed by atoms with E-state index in [4.69, 9.17) is 9.88 Å². The van der Waals surface area contributed by atoms with E-state index < -0.39 is 10.0 Å². The number of benzene rings is 1. The van der Waals surface area contributed by atoms with Gasteiger partial charge in [0.05, 0.1) is 17.6 Å². The Morgan fingerprint density at radius 2 is 1.70 bits per heavy atom. The summed E-state index contributed by atoms with van der Waals surface area (Å²) in [5.41, 5.74) is 0.135. The molecule has 1 saturated heterocycles. The predicted octanol–water partition coefficient (Wildman–Crippen LogP) is -0.353. The van der Waals surface area contributed by atoms with E-state index in [1.165, 1.54) is 32.2 Å². The van der Waals surface area contributed by atoms with Crippen LogP contribution in [0.2, 0.25) is 0 Å². The first-order chi connectivity index (χ1) is 10.7. The van der Waals surface area contributed by atoms with E-state index in [2.05, 4.69) is 0 Å². The van der Waals surface area contributed by atoms with Crippen LogP contribution in [0.15, 0.2) is 23.1 Å². The fourth-order valence-corrected chi connectivity index (χ4v) is 2.97. The third-order valence-electron chi connectivity index (χ3n) is 3.74. The summed E-state index contributed by atoms with van der Waals surface area (Å²) in [6, 6.07) is 3.91. The third kappa shape index (κ3) is 3.80. The molecule has 9 heteroatoms. The molecule has 0 aromatic heterocycles. The van der Waals surface area contributed by atoms with Crippen molar-refractivity contribution in [2.24, 2.45) is 5.14 Å². The molecule has 1 fully saturated rings. The molecule has 0 spiro atoms. The van der Waals surface area contributed by atoms with Gasteiger partial charge in [-0.05, 0) is 18.2 Å². The Morgan fingerprint density at radius 3 is 2.17 bits per heavy atom. The lowest BCUT2D eigenvalue weighted by Crippen LogP contribution is -2.50. The van der Waals surface area contributed by atoms with Gasteiger partial charge in [-0.2, -0.15) is 0 Å². The molecule has 0 bridgehead atoms. The van der Waals surface area contributed by atoms with Gasteiger partial charge in [-0.1, -0.05) is 0 Å². The molecule has 2 N–H and O–H groups in total. The predicted molar refractivity (Wildman–Crippen MR) is 82.5 cm³/mol.